The Morgan fingerprint density at radius 2 is 0.822 bits per heavy atom. The number of hydrogen-bond donors (Lipinski definition) is 0. The van der Waals surface area contributed by atoms with Crippen LogP contribution in [0.3, 0.4) is 0 Å². The van der Waals surface area contributed by atoms with Gasteiger partial charge in [-0.15, -0.1) is 11.3 Å². The summed E-state index contributed by atoms with van der Waals surface area (Å²) in [5.74, 6) is 0. The lowest BCUT2D eigenvalue weighted by atomic mass is 10.0. The van der Waals surface area contributed by atoms with Gasteiger partial charge in [-0.1, -0.05) is 84.9 Å². The molecule has 0 aliphatic carbocycles. The fourth-order valence-corrected chi connectivity index (χ4v) is 8.41. The second-order valence-corrected chi connectivity index (χ2v) is 12.9. The molecule has 0 radical (unpaired) electrons. The maximum absolute atomic E-state index is 2.43. The predicted molar refractivity (Wildman–Crippen MR) is 193 cm³/mol. The van der Waals surface area contributed by atoms with Crippen LogP contribution in [0.1, 0.15) is 0 Å². The Hall–Kier alpha value is -5.64. The van der Waals surface area contributed by atoms with Gasteiger partial charge in [-0.2, -0.15) is 0 Å². The highest BCUT2D eigenvalue weighted by Gasteiger charge is 2.17. The van der Waals surface area contributed by atoms with E-state index < -0.39 is 0 Å². The standard InChI is InChI=1S/C42H26N2S/c1-3-11-29(12-4-1)43-37-17-9-7-15-31(37)33-23-27(19-21-38(33)43)28-20-22-39-34(24-28)35-26-42-36(32-16-8-10-18-41(32)45-42)25-40(35)44(39)30-13-5-2-6-14-30/h1-26H. The maximum atomic E-state index is 2.43. The van der Waals surface area contributed by atoms with Crippen molar-refractivity contribution in [3.8, 4) is 22.5 Å². The first-order valence-electron chi connectivity index (χ1n) is 15.4. The van der Waals surface area contributed by atoms with Crippen molar-refractivity contribution in [3.05, 3.63) is 158 Å². The molecule has 0 saturated heterocycles. The molecule has 0 atom stereocenters. The van der Waals surface area contributed by atoms with Gasteiger partial charge in [-0.25, -0.2) is 0 Å². The number of nitrogens with zero attached hydrogens (tertiary/aromatic N) is 2. The molecule has 3 heterocycles. The molecule has 0 aliphatic rings. The number of para-hydroxylation sites is 3. The summed E-state index contributed by atoms with van der Waals surface area (Å²) in [6, 6.07) is 57.7. The topological polar surface area (TPSA) is 9.86 Å². The number of rotatable bonds is 3. The average Bonchev–Trinajstić information content (AvgIpc) is 3.74. The minimum atomic E-state index is 1.18. The first kappa shape index (κ1) is 24.8. The van der Waals surface area contributed by atoms with Crippen molar-refractivity contribution in [2.75, 3.05) is 0 Å². The van der Waals surface area contributed by atoms with Crippen molar-refractivity contribution in [3.63, 3.8) is 0 Å². The molecular formula is C42H26N2S. The van der Waals surface area contributed by atoms with Crippen molar-refractivity contribution in [2.45, 2.75) is 0 Å². The Labute approximate surface area is 263 Å². The van der Waals surface area contributed by atoms with Gasteiger partial charge in [0, 0.05) is 53.1 Å². The first-order valence-corrected chi connectivity index (χ1v) is 16.2. The highest BCUT2D eigenvalue weighted by molar-refractivity contribution is 7.25. The summed E-state index contributed by atoms with van der Waals surface area (Å²) in [5.41, 5.74) is 9.73. The van der Waals surface area contributed by atoms with Crippen molar-refractivity contribution in [1.29, 1.82) is 0 Å². The molecule has 3 aromatic heterocycles. The fourth-order valence-electron chi connectivity index (χ4n) is 7.28. The van der Waals surface area contributed by atoms with Crippen LogP contribution in [0.2, 0.25) is 0 Å². The van der Waals surface area contributed by atoms with Crippen LogP contribution in [0.25, 0.3) is 86.3 Å². The van der Waals surface area contributed by atoms with Gasteiger partial charge in [-0.3, -0.25) is 0 Å². The molecule has 3 heteroatoms. The van der Waals surface area contributed by atoms with E-state index in [0.717, 1.165) is 0 Å². The molecule has 2 nitrogen and oxygen atoms in total. The van der Waals surface area contributed by atoms with Crippen LogP contribution in [0, 0.1) is 0 Å². The molecule has 0 fully saturated rings. The minimum absolute atomic E-state index is 1.18. The van der Waals surface area contributed by atoms with Gasteiger partial charge in [0.2, 0.25) is 0 Å². The van der Waals surface area contributed by atoms with Gasteiger partial charge < -0.3 is 9.13 Å². The molecule has 0 unspecified atom stereocenters. The van der Waals surface area contributed by atoms with Gasteiger partial charge in [0.1, 0.15) is 0 Å². The van der Waals surface area contributed by atoms with Gasteiger partial charge in [-0.05, 0) is 83.9 Å². The van der Waals surface area contributed by atoms with E-state index >= 15 is 0 Å². The smallest absolute Gasteiger partial charge is 0.0548 e. The SMILES string of the molecule is c1ccc(-n2c3ccccc3c3cc(-c4ccc5c(c4)c4cc6sc7ccccc7c6cc4n5-c4ccccc4)ccc32)cc1. The van der Waals surface area contributed by atoms with E-state index in [2.05, 4.69) is 167 Å². The van der Waals surface area contributed by atoms with Crippen molar-refractivity contribution in [2.24, 2.45) is 0 Å². The Balaban J connectivity index is 1.24. The second-order valence-electron chi connectivity index (χ2n) is 11.8. The number of aromatic nitrogens is 2. The number of fused-ring (bicyclic) bond motifs is 9. The van der Waals surface area contributed by atoms with Crippen LogP contribution in [0.15, 0.2) is 158 Å². The van der Waals surface area contributed by atoms with E-state index in [1.165, 1.54) is 86.3 Å². The predicted octanol–water partition coefficient (Wildman–Crippen LogP) is 11.9. The molecular weight excluding hydrogens is 565 g/mol. The molecule has 0 aliphatic heterocycles. The fraction of sp³-hybridized carbons (Fsp3) is 0. The third-order valence-electron chi connectivity index (χ3n) is 9.30. The molecule has 10 aromatic rings. The molecule has 7 aromatic carbocycles. The Bertz CT molecular complexity index is 2740. The number of benzene rings is 7. The zero-order valence-electron chi connectivity index (χ0n) is 24.3. The zero-order valence-corrected chi connectivity index (χ0v) is 25.1. The van der Waals surface area contributed by atoms with Crippen LogP contribution in [0.5, 0.6) is 0 Å². The van der Waals surface area contributed by atoms with E-state index in [9.17, 15) is 0 Å². The van der Waals surface area contributed by atoms with Crippen LogP contribution >= 0.6 is 11.3 Å². The van der Waals surface area contributed by atoms with E-state index in [4.69, 9.17) is 0 Å². The second kappa shape index (κ2) is 9.43. The van der Waals surface area contributed by atoms with Crippen LogP contribution in [0.4, 0.5) is 0 Å². The van der Waals surface area contributed by atoms with Crippen molar-refractivity contribution >= 4 is 75.1 Å². The Kier molecular flexibility index (Phi) is 5.19. The lowest BCUT2D eigenvalue weighted by molar-refractivity contribution is 1.18. The van der Waals surface area contributed by atoms with E-state index in [-0.39, 0.29) is 0 Å². The first-order chi connectivity index (χ1) is 22.3. The molecule has 0 N–H and O–H groups in total. The van der Waals surface area contributed by atoms with Crippen LogP contribution < -0.4 is 0 Å². The summed E-state index contributed by atoms with van der Waals surface area (Å²) < 4.78 is 7.47. The molecule has 0 amide bonds. The lowest BCUT2D eigenvalue weighted by Gasteiger charge is -2.09. The van der Waals surface area contributed by atoms with Gasteiger partial charge in [0.25, 0.3) is 0 Å². The zero-order chi connectivity index (χ0) is 29.5. The molecule has 10 rings (SSSR count). The highest BCUT2D eigenvalue weighted by atomic mass is 32.1. The van der Waals surface area contributed by atoms with Gasteiger partial charge in [0.05, 0.1) is 22.1 Å². The van der Waals surface area contributed by atoms with Crippen molar-refractivity contribution in [1.82, 2.24) is 9.13 Å². The quantitative estimate of drug-likeness (QED) is 0.194. The third-order valence-corrected chi connectivity index (χ3v) is 10.4. The minimum Gasteiger partial charge on any atom is -0.309 e. The number of hydrogen-bond acceptors (Lipinski definition) is 1. The molecule has 0 saturated carbocycles. The Morgan fingerprint density at radius 3 is 1.51 bits per heavy atom. The van der Waals surface area contributed by atoms with Gasteiger partial charge in [0.15, 0.2) is 0 Å². The summed E-state index contributed by atoms with van der Waals surface area (Å²) in [5, 5.41) is 7.75. The highest BCUT2D eigenvalue weighted by Crippen LogP contribution is 2.42. The third kappa shape index (κ3) is 3.62. The molecule has 45 heavy (non-hydrogen) atoms. The van der Waals surface area contributed by atoms with E-state index in [1.807, 2.05) is 11.3 Å². The van der Waals surface area contributed by atoms with Crippen LogP contribution in [-0.4, -0.2) is 9.13 Å². The summed E-state index contributed by atoms with van der Waals surface area (Å²) >= 11 is 1.88. The summed E-state index contributed by atoms with van der Waals surface area (Å²) in [6.07, 6.45) is 0. The molecule has 210 valence electrons. The monoisotopic (exact) mass is 590 g/mol. The summed E-state index contributed by atoms with van der Waals surface area (Å²) in [7, 11) is 0. The average molecular weight is 591 g/mol. The normalized spacial score (nSPS) is 12.0. The van der Waals surface area contributed by atoms with Gasteiger partial charge >= 0.3 is 0 Å². The van der Waals surface area contributed by atoms with Crippen molar-refractivity contribution < 1.29 is 0 Å². The molecule has 0 bridgehead atoms. The van der Waals surface area contributed by atoms with E-state index in [1.54, 1.807) is 0 Å². The maximum Gasteiger partial charge on any atom is 0.0548 e. The summed E-state index contributed by atoms with van der Waals surface area (Å²) in [4.78, 5) is 0. The lowest BCUT2D eigenvalue weighted by Crippen LogP contribution is -1.93. The Morgan fingerprint density at radius 1 is 0.311 bits per heavy atom. The molecule has 0 spiro atoms. The van der Waals surface area contributed by atoms with Crippen LogP contribution in [-0.2, 0) is 0 Å². The largest absolute Gasteiger partial charge is 0.309 e. The number of thiophene rings is 1. The summed E-state index contributed by atoms with van der Waals surface area (Å²) in [6.45, 7) is 0. The van der Waals surface area contributed by atoms with E-state index in [0.29, 0.717) is 0 Å².